The lowest BCUT2D eigenvalue weighted by Gasteiger charge is -2.27. The van der Waals surface area contributed by atoms with Crippen LogP contribution in [0.5, 0.6) is 0 Å². The number of nitrogens with one attached hydrogen (secondary N) is 1. The van der Waals surface area contributed by atoms with Crippen LogP contribution in [0.25, 0.3) is 0 Å². The minimum Gasteiger partial charge on any atom is -0.467 e. The van der Waals surface area contributed by atoms with Gasteiger partial charge in [0.05, 0.1) is 7.11 Å². The average Bonchev–Trinajstić information content (AvgIpc) is 2.87. The van der Waals surface area contributed by atoms with Crippen molar-refractivity contribution in [2.75, 3.05) is 13.7 Å². The fourth-order valence-electron chi connectivity index (χ4n) is 2.67. The van der Waals surface area contributed by atoms with Gasteiger partial charge >= 0.3 is 5.97 Å². The molecule has 0 saturated heterocycles. The van der Waals surface area contributed by atoms with Gasteiger partial charge < -0.3 is 15.8 Å². The third-order valence-corrected chi connectivity index (χ3v) is 3.77. The van der Waals surface area contributed by atoms with E-state index in [0.29, 0.717) is 25.8 Å². The Bertz CT molecular complexity index is 305. The second-order valence-corrected chi connectivity index (χ2v) is 5.28. The standard InChI is InChI=1S/C14H26N2O3.ClH/c1-19-13(18)14(9-5-6-10-14)16-12(17)8-4-2-3-7-11-15;/h2-11,15H2,1H3,(H,16,17);1H. The molecule has 1 aliphatic rings. The summed E-state index contributed by atoms with van der Waals surface area (Å²) in [5, 5.41) is 2.90. The van der Waals surface area contributed by atoms with Crippen molar-refractivity contribution in [1.29, 1.82) is 0 Å². The second kappa shape index (κ2) is 10.00. The summed E-state index contributed by atoms with van der Waals surface area (Å²) >= 11 is 0. The van der Waals surface area contributed by atoms with Crippen LogP contribution in [0.3, 0.4) is 0 Å². The highest BCUT2D eigenvalue weighted by molar-refractivity contribution is 5.88. The molecule has 0 bridgehead atoms. The first-order valence-corrected chi connectivity index (χ1v) is 7.24. The predicted molar refractivity (Wildman–Crippen MR) is 80.7 cm³/mol. The fourth-order valence-corrected chi connectivity index (χ4v) is 2.67. The Hall–Kier alpha value is -0.810. The van der Waals surface area contributed by atoms with Crippen molar-refractivity contribution in [2.45, 2.75) is 63.3 Å². The van der Waals surface area contributed by atoms with Gasteiger partial charge in [-0.3, -0.25) is 4.79 Å². The molecular weight excluding hydrogens is 280 g/mol. The van der Waals surface area contributed by atoms with Crippen LogP contribution in [-0.4, -0.2) is 31.1 Å². The molecule has 0 aliphatic heterocycles. The molecule has 6 heteroatoms. The number of halogens is 1. The number of carbonyl (C=O) groups is 2. The second-order valence-electron chi connectivity index (χ2n) is 5.28. The summed E-state index contributed by atoms with van der Waals surface area (Å²) in [5.41, 5.74) is 4.65. The molecule has 0 radical (unpaired) electrons. The average molecular weight is 307 g/mol. The fraction of sp³-hybridized carbons (Fsp3) is 0.857. The van der Waals surface area contributed by atoms with Gasteiger partial charge in [0.2, 0.25) is 5.91 Å². The predicted octanol–water partition coefficient (Wildman–Crippen LogP) is 1.92. The topological polar surface area (TPSA) is 81.4 Å². The number of carbonyl (C=O) groups excluding carboxylic acids is 2. The van der Waals surface area contributed by atoms with E-state index in [4.69, 9.17) is 10.5 Å². The molecule has 0 aromatic carbocycles. The zero-order chi connectivity index (χ0) is 14.1. The summed E-state index contributed by atoms with van der Waals surface area (Å²) in [7, 11) is 1.38. The van der Waals surface area contributed by atoms with E-state index in [0.717, 1.165) is 38.5 Å². The van der Waals surface area contributed by atoms with Crippen LogP contribution in [0.2, 0.25) is 0 Å². The number of nitrogens with two attached hydrogens (primary N) is 1. The van der Waals surface area contributed by atoms with Gasteiger partial charge in [0.1, 0.15) is 5.54 Å². The first kappa shape index (κ1) is 19.2. The number of methoxy groups -OCH3 is 1. The number of hydrogen-bond acceptors (Lipinski definition) is 4. The normalized spacial score (nSPS) is 16.3. The van der Waals surface area contributed by atoms with Gasteiger partial charge in [0.25, 0.3) is 0 Å². The zero-order valence-electron chi connectivity index (χ0n) is 12.3. The van der Waals surface area contributed by atoms with Crippen molar-refractivity contribution in [3.05, 3.63) is 0 Å². The number of rotatable bonds is 8. The molecule has 1 saturated carbocycles. The Morgan fingerprint density at radius 2 is 1.75 bits per heavy atom. The van der Waals surface area contributed by atoms with Crippen molar-refractivity contribution >= 4 is 24.3 Å². The summed E-state index contributed by atoms with van der Waals surface area (Å²) in [6.45, 7) is 0.706. The van der Waals surface area contributed by atoms with E-state index in [1.807, 2.05) is 0 Å². The molecule has 1 amide bonds. The van der Waals surface area contributed by atoms with E-state index in [2.05, 4.69) is 5.32 Å². The van der Waals surface area contributed by atoms with Crippen LogP contribution in [0.15, 0.2) is 0 Å². The maximum Gasteiger partial charge on any atom is 0.331 e. The lowest BCUT2D eigenvalue weighted by molar-refractivity contribution is -0.150. The maximum absolute atomic E-state index is 11.9. The number of hydrogen-bond donors (Lipinski definition) is 2. The van der Waals surface area contributed by atoms with Crippen molar-refractivity contribution < 1.29 is 14.3 Å². The first-order chi connectivity index (χ1) is 9.14. The molecule has 3 N–H and O–H groups in total. The molecule has 0 aromatic rings. The van der Waals surface area contributed by atoms with Gasteiger partial charge in [-0.15, -0.1) is 12.4 Å². The lowest BCUT2D eigenvalue weighted by Crippen LogP contribution is -2.53. The van der Waals surface area contributed by atoms with Gasteiger partial charge in [0, 0.05) is 6.42 Å². The molecule has 0 heterocycles. The Kier molecular flexibility index (Phi) is 9.59. The third kappa shape index (κ3) is 5.67. The van der Waals surface area contributed by atoms with E-state index in [9.17, 15) is 9.59 Å². The number of ether oxygens (including phenoxy) is 1. The van der Waals surface area contributed by atoms with E-state index in [1.165, 1.54) is 7.11 Å². The number of esters is 1. The van der Waals surface area contributed by atoms with E-state index >= 15 is 0 Å². The minimum atomic E-state index is -0.761. The van der Waals surface area contributed by atoms with Crippen LogP contribution < -0.4 is 11.1 Å². The summed E-state index contributed by atoms with van der Waals surface area (Å²) < 4.78 is 4.83. The summed E-state index contributed by atoms with van der Waals surface area (Å²) in [4.78, 5) is 23.7. The molecule has 0 atom stereocenters. The van der Waals surface area contributed by atoms with Crippen LogP contribution >= 0.6 is 12.4 Å². The Labute approximate surface area is 127 Å². The molecule has 0 spiro atoms. The molecule has 0 unspecified atom stereocenters. The highest BCUT2D eigenvalue weighted by atomic mass is 35.5. The summed E-state index contributed by atoms with van der Waals surface area (Å²) in [6, 6.07) is 0. The summed E-state index contributed by atoms with van der Waals surface area (Å²) in [5.74, 6) is -0.346. The van der Waals surface area contributed by atoms with Crippen molar-refractivity contribution in [3.8, 4) is 0 Å². The number of unbranched alkanes of at least 4 members (excludes halogenated alkanes) is 3. The van der Waals surface area contributed by atoms with Crippen molar-refractivity contribution in [2.24, 2.45) is 5.73 Å². The monoisotopic (exact) mass is 306 g/mol. The van der Waals surface area contributed by atoms with E-state index < -0.39 is 5.54 Å². The van der Waals surface area contributed by atoms with Crippen LogP contribution in [-0.2, 0) is 14.3 Å². The molecule has 5 nitrogen and oxygen atoms in total. The Morgan fingerprint density at radius 3 is 2.30 bits per heavy atom. The van der Waals surface area contributed by atoms with Gasteiger partial charge in [-0.1, -0.05) is 25.7 Å². The van der Waals surface area contributed by atoms with Crippen LogP contribution in [0, 0.1) is 0 Å². The maximum atomic E-state index is 11.9. The zero-order valence-corrected chi connectivity index (χ0v) is 13.1. The highest BCUT2D eigenvalue weighted by Crippen LogP contribution is 2.30. The SMILES string of the molecule is COC(=O)C1(NC(=O)CCCCCCN)CCCC1.Cl. The van der Waals surface area contributed by atoms with Crippen molar-refractivity contribution in [1.82, 2.24) is 5.32 Å². The smallest absolute Gasteiger partial charge is 0.331 e. The minimum absolute atomic E-state index is 0. The molecule has 0 aromatic heterocycles. The quantitative estimate of drug-likeness (QED) is 0.530. The Morgan fingerprint density at radius 1 is 1.15 bits per heavy atom. The van der Waals surface area contributed by atoms with Crippen LogP contribution in [0.1, 0.15) is 57.8 Å². The molecule has 1 fully saturated rings. The molecule has 1 rings (SSSR count). The highest BCUT2D eigenvalue weighted by Gasteiger charge is 2.43. The van der Waals surface area contributed by atoms with Crippen molar-refractivity contribution in [3.63, 3.8) is 0 Å². The lowest BCUT2D eigenvalue weighted by atomic mass is 9.97. The molecule has 118 valence electrons. The van der Waals surface area contributed by atoms with E-state index in [1.54, 1.807) is 0 Å². The first-order valence-electron chi connectivity index (χ1n) is 7.24. The third-order valence-electron chi connectivity index (χ3n) is 3.77. The molecule has 1 aliphatic carbocycles. The van der Waals surface area contributed by atoms with E-state index in [-0.39, 0.29) is 24.3 Å². The number of amides is 1. The molecule has 20 heavy (non-hydrogen) atoms. The van der Waals surface area contributed by atoms with Crippen LogP contribution in [0.4, 0.5) is 0 Å². The largest absolute Gasteiger partial charge is 0.467 e. The van der Waals surface area contributed by atoms with Gasteiger partial charge in [0.15, 0.2) is 0 Å². The summed E-state index contributed by atoms with van der Waals surface area (Å²) in [6.07, 6.45) is 7.72. The van der Waals surface area contributed by atoms with Gasteiger partial charge in [-0.05, 0) is 32.2 Å². The van der Waals surface area contributed by atoms with Gasteiger partial charge in [-0.25, -0.2) is 4.79 Å². The Balaban J connectivity index is 0.00000361. The molecular formula is C14H27ClN2O3. The van der Waals surface area contributed by atoms with Gasteiger partial charge in [-0.2, -0.15) is 0 Å².